The lowest BCUT2D eigenvalue weighted by Crippen LogP contribution is -2.21. The lowest BCUT2D eigenvalue weighted by atomic mass is 10.3. The van der Waals surface area contributed by atoms with Gasteiger partial charge in [-0.25, -0.2) is 0 Å². The van der Waals surface area contributed by atoms with Gasteiger partial charge in [-0.15, -0.1) is 0 Å². The van der Waals surface area contributed by atoms with E-state index in [0.717, 1.165) is 0 Å². The van der Waals surface area contributed by atoms with Crippen molar-refractivity contribution in [1.29, 1.82) is 0 Å². The maximum atomic E-state index is 9.18. The molecule has 2 atom stereocenters. The van der Waals surface area contributed by atoms with Crippen LogP contribution in [0.15, 0.2) is 0 Å². The van der Waals surface area contributed by atoms with Gasteiger partial charge in [-0.3, -0.25) is 0 Å². The fraction of sp³-hybridized carbons (Fsp3) is 1.00. The van der Waals surface area contributed by atoms with Crippen LogP contribution >= 0.6 is 7.26 Å². The van der Waals surface area contributed by atoms with Gasteiger partial charge in [0.15, 0.2) is 0 Å². The molecule has 0 spiro atoms. The molecule has 0 amide bonds. The SMILES string of the molecule is CC(O)C(C)[P+](C)(C)C. The van der Waals surface area contributed by atoms with Crippen LogP contribution in [0.1, 0.15) is 13.8 Å². The number of rotatable bonds is 2. The normalized spacial score (nSPS) is 19.3. The van der Waals surface area contributed by atoms with Gasteiger partial charge in [0.05, 0.1) is 11.8 Å². The van der Waals surface area contributed by atoms with Gasteiger partial charge in [-0.1, -0.05) is 0 Å². The van der Waals surface area contributed by atoms with Crippen LogP contribution in [-0.2, 0) is 0 Å². The predicted octanol–water partition coefficient (Wildman–Crippen LogP) is 1.66. The Kier molecular flexibility index (Phi) is 3.11. The molecule has 1 nitrogen and oxygen atoms in total. The van der Waals surface area contributed by atoms with Crippen molar-refractivity contribution in [2.45, 2.75) is 25.6 Å². The van der Waals surface area contributed by atoms with E-state index in [2.05, 4.69) is 26.9 Å². The standard InChI is InChI=1S/C7H18OP/c1-6(8)7(2)9(3,4)5/h6-8H,1-5H3/q+1. The Morgan fingerprint density at radius 1 is 1.11 bits per heavy atom. The lowest BCUT2D eigenvalue weighted by Gasteiger charge is -2.22. The first kappa shape index (κ1) is 9.39. The summed E-state index contributed by atoms with van der Waals surface area (Å²) < 4.78 is 0. The van der Waals surface area contributed by atoms with E-state index in [1.807, 2.05) is 6.92 Å². The molecular weight excluding hydrogens is 131 g/mol. The second-order valence-electron chi connectivity index (χ2n) is 3.60. The van der Waals surface area contributed by atoms with Gasteiger partial charge in [0.2, 0.25) is 0 Å². The van der Waals surface area contributed by atoms with Crippen LogP contribution in [0.2, 0.25) is 0 Å². The van der Waals surface area contributed by atoms with Gasteiger partial charge >= 0.3 is 0 Å². The highest BCUT2D eigenvalue weighted by molar-refractivity contribution is 7.74. The molecule has 9 heavy (non-hydrogen) atoms. The summed E-state index contributed by atoms with van der Waals surface area (Å²) in [6.45, 7) is 10.8. The van der Waals surface area contributed by atoms with Crippen molar-refractivity contribution < 1.29 is 5.11 Å². The second-order valence-corrected chi connectivity index (χ2v) is 8.64. The Labute approximate surface area is 58.8 Å². The van der Waals surface area contributed by atoms with Crippen molar-refractivity contribution in [3.8, 4) is 0 Å². The van der Waals surface area contributed by atoms with Crippen LogP contribution < -0.4 is 0 Å². The summed E-state index contributed by atoms with van der Waals surface area (Å²) in [4.78, 5) is 0. The first-order chi connectivity index (χ1) is 3.85. The molecule has 2 heteroatoms. The van der Waals surface area contributed by atoms with E-state index in [-0.39, 0.29) is 6.10 Å². The summed E-state index contributed by atoms with van der Waals surface area (Å²) in [5.74, 6) is 0. The van der Waals surface area contributed by atoms with Crippen LogP contribution in [0.4, 0.5) is 0 Å². The maximum Gasteiger partial charge on any atom is 0.0916 e. The molecule has 0 aromatic carbocycles. The van der Waals surface area contributed by atoms with Gasteiger partial charge < -0.3 is 5.11 Å². The van der Waals surface area contributed by atoms with Gasteiger partial charge in [0, 0.05) is 27.3 Å². The summed E-state index contributed by atoms with van der Waals surface area (Å²) in [6.07, 6.45) is -0.140. The molecule has 0 aromatic rings. The third-order valence-electron chi connectivity index (χ3n) is 1.92. The third-order valence-corrected chi connectivity index (χ3v) is 4.80. The van der Waals surface area contributed by atoms with Crippen molar-refractivity contribution in [2.75, 3.05) is 20.0 Å². The molecule has 0 aromatic heterocycles. The first-order valence-electron chi connectivity index (χ1n) is 3.35. The average Bonchev–Trinajstić information content (AvgIpc) is 1.62. The molecule has 0 aliphatic heterocycles. The molecule has 0 rings (SSSR count). The summed E-state index contributed by atoms with van der Waals surface area (Å²) >= 11 is 0. The zero-order valence-electron chi connectivity index (χ0n) is 7.05. The zero-order chi connectivity index (χ0) is 7.65. The van der Waals surface area contributed by atoms with E-state index in [1.54, 1.807) is 0 Å². The maximum absolute atomic E-state index is 9.18. The van der Waals surface area contributed by atoms with E-state index >= 15 is 0 Å². The van der Waals surface area contributed by atoms with Crippen molar-refractivity contribution in [1.82, 2.24) is 0 Å². The van der Waals surface area contributed by atoms with Crippen molar-refractivity contribution in [2.24, 2.45) is 0 Å². The van der Waals surface area contributed by atoms with Gasteiger partial charge in [0.1, 0.15) is 0 Å². The molecule has 2 unspecified atom stereocenters. The average molecular weight is 149 g/mol. The molecule has 0 saturated heterocycles. The smallest absolute Gasteiger partial charge is 0.0916 e. The van der Waals surface area contributed by atoms with E-state index in [4.69, 9.17) is 0 Å². The monoisotopic (exact) mass is 149 g/mol. The van der Waals surface area contributed by atoms with Crippen LogP contribution in [-0.4, -0.2) is 36.9 Å². The molecule has 0 bridgehead atoms. The minimum Gasteiger partial charge on any atom is -0.389 e. The number of hydrogen-bond acceptors (Lipinski definition) is 1. The number of hydrogen-bond donors (Lipinski definition) is 1. The summed E-state index contributed by atoms with van der Waals surface area (Å²) in [5.41, 5.74) is 0.484. The van der Waals surface area contributed by atoms with Gasteiger partial charge in [0.25, 0.3) is 0 Å². The minimum atomic E-state index is -0.813. The summed E-state index contributed by atoms with van der Waals surface area (Å²) in [7, 11) is -0.813. The predicted molar refractivity (Wildman–Crippen MR) is 45.8 cm³/mol. The summed E-state index contributed by atoms with van der Waals surface area (Å²) in [5, 5.41) is 9.18. The number of aliphatic hydroxyl groups excluding tert-OH is 1. The Hall–Kier alpha value is 0.390. The van der Waals surface area contributed by atoms with Crippen molar-refractivity contribution >= 4 is 7.26 Å². The fourth-order valence-corrected chi connectivity index (χ4v) is 1.94. The minimum absolute atomic E-state index is 0.140. The quantitative estimate of drug-likeness (QED) is 0.592. The zero-order valence-corrected chi connectivity index (χ0v) is 7.94. The molecular formula is C7H18OP+. The molecule has 56 valence electrons. The molecule has 1 N–H and O–H groups in total. The highest BCUT2D eigenvalue weighted by atomic mass is 31.2. The highest BCUT2D eigenvalue weighted by Crippen LogP contribution is 2.52. The van der Waals surface area contributed by atoms with E-state index < -0.39 is 7.26 Å². The molecule has 0 fully saturated rings. The van der Waals surface area contributed by atoms with Crippen LogP contribution in [0.25, 0.3) is 0 Å². The highest BCUT2D eigenvalue weighted by Gasteiger charge is 2.30. The largest absolute Gasteiger partial charge is 0.389 e. The topological polar surface area (TPSA) is 20.2 Å². The van der Waals surface area contributed by atoms with Gasteiger partial charge in [-0.05, 0) is 13.8 Å². The summed E-state index contributed by atoms with van der Waals surface area (Å²) in [6, 6.07) is 0. The molecule has 0 aliphatic rings. The second kappa shape index (κ2) is 2.98. The number of aliphatic hydroxyl groups is 1. The van der Waals surface area contributed by atoms with Crippen molar-refractivity contribution in [3.05, 3.63) is 0 Å². The fourth-order valence-electron chi connectivity index (χ4n) is 0.647. The van der Waals surface area contributed by atoms with Gasteiger partial charge in [-0.2, -0.15) is 0 Å². The third kappa shape index (κ3) is 3.17. The van der Waals surface area contributed by atoms with Crippen LogP contribution in [0.3, 0.4) is 0 Å². The van der Waals surface area contributed by atoms with Crippen LogP contribution in [0.5, 0.6) is 0 Å². The molecule has 0 aliphatic carbocycles. The van der Waals surface area contributed by atoms with Crippen molar-refractivity contribution in [3.63, 3.8) is 0 Å². The lowest BCUT2D eigenvalue weighted by molar-refractivity contribution is 0.194. The van der Waals surface area contributed by atoms with E-state index in [0.29, 0.717) is 5.66 Å². The first-order valence-corrected chi connectivity index (χ1v) is 6.55. The van der Waals surface area contributed by atoms with E-state index in [9.17, 15) is 5.11 Å². The molecule has 0 radical (unpaired) electrons. The molecule has 0 heterocycles. The Morgan fingerprint density at radius 2 is 1.44 bits per heavy atom. The Bertz CT molecular complexity index is 83.4. The Morgan fingerprint density at radius 3 is 1.44 bits per heavy atom. The van der Waals surface area contributed by atoms with E-state index in [1.165, 1.54) is 0 Å². The van der Waals surface area contributed by atoms with Crippen LogP contribution in [0, 0.1) is 0 Å². The Balaban J connectivity index is 3.88. The molecule has 0 saturated carbocycles.